The molecule has 0 bridgehead atoms. The number of benzene rings is 2. The van der Waals surface area contributed by atoms with Gasteiger partial charge in [-0.15, -0.1) is 0 Å². The van der Waals surface area contributed by atoms with Crippen molar-refractivity contribution in [3.63, 3.8) is 0 Å². The van der Waals surface area contributed by atoms with Gasteiger partial charge < -0.3 is 4.74 Å². The van der Waals surface area contributed by atoms with Crippen molar-refractivity contribution < 1.29 is 13.2 Å². The highest BCUT2D eigenvalue weighted by atomic mass is 35.5. The molecule has 2 N–H and O–H groups in total. The SMILES string of the molecule is NS(=O)(=O)c1ccccc1OCc1ccc(Cl)c2cccnc12. The van der Waals surface area contributed by atoms with E-state index in [1.165, 1.54) is 6.07 Å². The first-order valence-corrected chi connectivity index (χ1v) is 8.66. The van der Waals surface area contributed by atoms with Crippen LogP contribution in [0.25, 0.3) is 10.9 Å². The maximum Gasteiger partial charge on any atom is 0.241 e. The first-order valence-electron chi connectivity index (χ1n) is 6.73. The number of hydrogen-bond acceptors (Lipinski definition) is 4. The summed E-state index contributed by atoms with van der Waals surface area (Å²) in [5.41, 5.74) is 1.52. The molecule has 118 valence electrons. The van der Waals surface area contributed by atoms with Crippen molar-refractivity contribution in [2.45, 2.75) is 11.5 Å². The Bertz CT molecular complexity index is 974. The lowest BCUT2D eigenvalue weighted by atomic mass is 10.1. The largest absolute Gasteiger partial charge is 0.487 e. The molecule has 0 atom stereocenters. The van der Waals surface area contributed by atoms with Crippen LogP contribution in [0.5, 0.6) is 5.75 Å². The molecule has 2 aromatic carbocycles. The fraction of sp³-hybridized carbons (Fsp3) is 0.0625. The molecule has 0 aliphatic heterocycles. The highest BCUT2D eigenvalue weighted by Gasteiger charge is 2.15. The molecule has 0 aliphatic rings. The summed E-state index contributed by atoms with van der Waals surface area (Å²) in [7, 11) is -3.85. The van der Waals surface area contributed by atoms with Crippen LogP contribution in [0.3, 0.4) is 0 Å². The Kier molecular flexibility index (Phi) is 4.21. The molecular weight excluding hydrogens is 336 g/mol. The van der Waals surface area contributed by atoms with Crippen molar-refractivity contribution in [3.8, 4) is 5.75 Å². The molecule has 0 aliphatic carbocycles. The molecule has 0 saturated carbocycles. The highest BCUT2D eigenvalue weighted by Crippen LogP contribution is 2.27. The molecule has 3 rings (SSSR count). The van der Waals surface area contributed by atoms with Gasteiger partial charge in [-0.05, 0) is 30.3 Å². The number of rotatable bonds is 4. The second-order valence-electron chi connectivity index (χ2n) is 4.89. The van der Waals surface area contributed by atoms with Crippen molar-refractivity contribution in [2.24, 2.45) is 5.14 Å². The Hall–Kier alpha value is -2.15. The van der Waals surface area contributed by atoms with Crippen LogP contribution in [0.2, 0.25) is 5.02 Å². The summed E-state index contributed by atoms with van der Waals surface area (Å²) < 4.78 is 28.8. The maximum absolute atomic E-state index is 11.6. The molecule has 3 aromatic rings. The second kappa shape index (κ2) is 6.16. The van der Waals surface area contributed by atoms with Crippen molar-refractivity contribution in [3.05, 3.63) is 65.3 Å². The lowest BCUT2D eigenvalue weighted by Gasteiger charge is -2.11. The van der Waals surface area contributed by atoms with Crippen LogP contribution in [0.1, 0.15) is 5.56 Å². The minimum atomic E-state index is -3.85. The van der Waals surface area contributed by atoms with Crippen LogP contribution in [0.4, 0.5) is 0 Å². The van der Waals surface area contributed by atoms with Gasteiger partial charge in [-0.1, -0.05) is 29.8 Å². The number of pyridine rings is 1. The van der Waals surface area contributed by atoms with Crippen LogP contribution < -0.4 is 9.88 Å². The molecule has 1 heterocycles. The number of sulfonamides is 1. The zero-order valence-electron chi connectivity index (χ0n) is 11.9. The molecule has 23 heavy (non-hydrogen) atoms. The van der Waals surface area contributed by atoms with Gasteiger partial charge in [0.25, 0.3) is 0 Å². The summed E-state index contributed by atoms with van der Waals surface area (Å²) in [6.07, 6.45) is 1.67. The van der Waals surface area contributed by atoms with Gasteiger partial charge in [0.2, 0.25) is 10.0 Å². The summed E-state index contributed by atoms with van der Waals surface area (Å²) in [6.45, 7) is 0.150. The fourth-order valence-corrected chi connectivity index (χ4v) is 3.16. The van der Waals surface area contributed by atoms with Gasteiger partial charge in [-0.2, -0.15) is 0 Å². The molecule has 0 radical (unpaired) electrons. The zero-order chi connectivity index (χ0) is 16.4. The van der Waals surface area contributed by atoms with Crippen LogP contribution in [-0.2, 0) is 16.6 Å². The average molecular weight is 349 g/mol. The second-order valence-corrected chi connectivity index (χ2v) is 6.82. The van der Waals surface area contributed by atoms with Gasteiger partial charge in [0.05, 0.1) is 5.52 Å². The monoisotopic (exact) mass is 348 g/mol. The summed E-state index contributed by atoms with van der Waals surface area (Å²) in [5, 5.41) is 6.61. The molecule has 0 amide bonds. The van der Waals surface area contributed by atoms with Gasteiger partial charge >= 0.3 is 0 Å². The van der Waals surface area contributed by atoms with E-state index in [0.29, 0.717) is 10.5 Å². The van der Waals surface area contributed by atoms with E-state index in [0.717, 1.165) is 10.9 Å². The van der Waals surface area contributed by atoms with Crippen molar-refractivity contribution in [1.29, 1.82) is 0 Å². The summed E-state index contributed by atoms with van der Waals surface area (Å²) in [4.78, 5) is 4.27. The smallest absolute Gasteiger partial charge is 0.241 e. The van der Waals surface area contributed by atoms with Gasteiger partial charge in [-0.25, -0.2) is 13.6 Å². The minimum Gasteiger partial charge on any atom is -0.487 e. The Morgan fingerprint density at radius 2 is 1.87 bits per heavy atom. The van der Waals surface area contributed by atoms with Crippen LogP contribution in [-0.4, -0.2) is 13.4 Å². The van der Waals surface area contributed by atoms with Crippen molar-refractivity contribution in [2.75, 3.05) is 0 Å². The van der Waals surface area contributed by atoms with E-state index in [9.17, 15) is 8.42 Å². The number of ether oxygens (including phenoxy) is 1. The Morgan fingerprint density at radius 1 is 1.09 bits per heavy atom. The number of nitrogens with two attached hydrogens (primary N) is 1. The van der Waals surface area contributed by atoms with Crippen molar-refractivity contribution in [1.82, 2.24) is 4.98 Å². The standard InChI is InChI=1S/C16H13ClN2O3S/c17-13-8-7-11(16-12(13)4-3-9-19-16)10-22-14-5-1-2-6-15(14)23(18,20)21/h1-9H,10H2,(H2,18,20,21). The number of nitrogens with zero attached hydrogens (tertiary/aromatic N) is 1. The van der Waals surface area contributed by atoms with Gasteiger partial charge in [0, 0.05) is 22.2 Å². The third kappa shape index (κ3) is 3.29. The molecule has 0 saturated heterocycles. The number of aromatic nitrogens is 1. The maximum atomic E-state index is 11.6. The molecule has 5 nitrogen and oxygen atoms in total. The van der Waals surface area contributed by atoms with E-state index in [2.05, 4.69) is 4.98 Å². The van der Waals surface area contributed by atoms with E-state index in [4.69, 9.17) is 21.5 Å². The molecule has 1 aromatic heterocycles. The molecular formula is C16H13ClN2O3S. The van der Waals surface area contributed by atoms with E-state index in [1.807, 2.05) is 6.07 Å². The fourth-order valence-electron chi connectivity index (χ4n) is 2.27. The zero-order valence-corrected chi connectivity index (χ0v) is 13.5. The normalized spacial score (nSPS) is 11.6. The lowest BCUT2D eigenvalue weighted by Crippen LogP contribution is -2.13. The van der Waals surface area contributed by atoms with E-state index in [-0.39, 0.29) is 17.3 Å². The van der Waals surface area contributed by atoms with E-state index in [1.54, 1.807) is 42.6 Å². The molecule has 0 unspecified atom stereocenters. The van der Waals surface area contributed by atoms with Crippen molar-refractivity contribution >= 4 is 32.5 Å². The number of primary sulfonamides is 1. The number of fused-ring (bicyclic) bond motifs is 1. The van der Waals surface area contributed by atoms with E-state index < -0.39 is 10.0 Å². The molecule has 7 heteroatoms. The quantitative estimate of drug-likeness (QED) is 0.785. The summed E-state index contributed by atoms with van der Waals surface area (Å²) >= 11 is 6.15. The predicted molar refractivity (Wildman–Crippen MR) is 88.9 cm³/mol. The lowest BCUT2D eigenvalue weighted by molar-refractivity contribution is 0.299. The Labute approximate surface area is 138 Å². The molecule has 0 spiro atoms. The number of halogens is 1. The third-order valence-electron chi connectivity index (χ3n) is 3.34. The number of hydrogen-bond donors (Lipinski definition) is 1. The van der Waals surface area contributed by atoms with Gasteiger partial charge in [-0.3, -0.25) is 4.98 Å². The van der Waals surface area contributed by atoms with Gasteiger partial charge in [0.15, 0.2) is 0 Å². The first-order chi connectivity index (χ1) is 11.0. The Morgan fingerprint density at radius 3 is 2.65 bits per heavy atom. The summed E-state index contributed by atoms with van der Waals surface area (Å²) in [5.74, 6) is 0.203. The molecule has 0 fully saturated rings. The van der Waals surface area contributed by atoms with E-state index >= 15 is 0 Å². The third-order valence-corrected chi connectivity index (χ3v) is 4.62. The van der Waals surface area contributed by atoms with Crippen LogP contribution in [0.15, 0.2) is 59.6 Å². The highest BCUT2D eigenvalue weighted by molar-refractivity contribution is 7.89. The van der Waals surface area contributed by atoms with Crippen LogP contribution >= 0.6 is 11.6 Å². The Balaban J connectivity index is 1.96. The first kappa shape index (κ1) is 15.7. The van der Waals surface area contributed by atoms with Gasteiger partial charge in [0.1, 0.15) is 17.3 Å². The average Bonchev–Trinajstić information content (AvgIpc) is 2.54. The minimum absolute atomic E-state index is 0.0498. The van der Waals surface area contributed by atoms with Crippen LogP contribution in [0, 0.1) is 0 Å². The topological polar surface area (TPSA) is 82.3 Å². The summed E-state index contributed by atoms with van der Waals surface area (Å²) in [6, 6.07) is 13.5. The predicted octanol–water partition coefficient (Wildman–Crippen LogP) is 3.11. The number of para-hydroxylation sites is 1.